The zero-order chi connectivity index (χ0) is 11.4. The van der Waals surface area contributed by atoms with Crippen LogP contribution in [-0.2, 0) is 4.74 Å². The summed E-state index contributed by atoms with van der Waals surface area (Å²) < 4.78 is 4.79. The van der Waals surface area contributed by atoms with Crippen molar-refractivity contribution in [3.8, 4) is 6.07 Å². The molecule has 0 unspecified atom stereocenters. The molecule has 4 heteroatoms. The fourth-order valence-electron chi connectivity index (χ4n) is 0.963. The number of carbonyl (C=O) groups is 1. The number of allylic oxidation sites excluding steroid dienone is 1. The van der Waals surface area contributed by atoms with Crippen molar-refractivity contribution in [3.63, 3.8) is 0 Å². The molecule has 0 aliphatic rings. The van der Waals surface area contributed by atoms with Gasteiger partial charge in [-0.25, -0.2) is 4.79 Å². The Kier molecular flexibility index (Phi) is 3.48. The highest BCUT2D eigenvalue weighted by atomic mass is 35.5. The Hall–Kier alpha value is -1.79. The van der Waals surface area contributed by atoms with Crippen LogP contribution in [0.2, 0.25) is 5.02 Å². The first kappa shape index (κ1) is 11.3. The molecule has 1 aromatic carbocycles. The molecule has 0 heterocycles. The number of nitriles is 1. The largest absolute Gasteiger partial charge is 0.428 e. The number of ether oxygens (including phenoxy) is 1. The van der Waals surface area contributed by atoms with Crippen LogP contribution in [-0.4, -0.2) is 5.97 Å². The van der Waals surface area contributed by atoms with Gasteiger partial charge >= 0.3 is 5.97 Å². The van der Waals surface area contributed by atoms with Crippen molar-refractivity contribution in [2.45, 2.75) is 6.92 Å². The minimum atomic E-state index is -0.572. The second-order valence-electron chi connectivity index (χ2n) is 2.90. The summed E-state index contributed by atoms with van der Waals surface area (Å²) in [6, 6.07) is 6.29. The highest BCUT2D eigenvalue weighted by molar-refractivity contribution is 6.33. The van der Waals surface area contributed by atoms with Crippen LogP contribution in [0.25, 0.3) is 0 Å². The van der Waals surface area contributed by atoms with Gasteiger partial charge in [0.15, 0.2) is 0 Å². The lowest BCUT2D eigenvalue weighted by atomic mass is 10.1. The van der Waals surface area contributed by atoms with Gasteiger partial charge in [-0.05, 0) is 25.1 Å². The number of carbonyl (C=O) groups excluding carboxylic acids is 1. The molecule has 0 atom stereocenters. The van der Waals surface area contributed by atoms with Gasteiger partial charge in [-0.1, -0.05) is 18.2 Å². The summed E-state index contributed by atoms with van der Waals surface area (Å²) in [4.78, 5) is 11.4. The van der Waals surface area contributed by atoms with E-state index in [9.17, 15) is 4.79 Å². The van der Waals surface area contributed by atoms with Crippen molar-refractivity contribution < 1.29 is 9.53 Å². The van der Waals surface area contributed by atoms with Crippen LogP contribution in [0.1, 0.15) is 22.8 Å². The number of nitrogens with zero attached hydrogens (tertiary/aromatic N) is 1. The lowest BCUT2D eigenvalue weighted by Crippen LogP contribution is -2.04. The minimum absolute atomic E-state index is 0.195. The van der Waals surface area contributed by atoms with Gasteiger partial charge in [0.25, 0.3) is 0 Å². The molecule has 3 nitrogen and oxygen atoms in total. The van der Waals surface area contributed by atoms with E-state index in [1.807, 2.05) is 6.07 Å². The maximum absolute atomic E-state index is 11.4. The predicted octanol–water partition coefficient (Wildman–Crippen LogP) is 2.90. The van der Waals surface area contributed by atoms with Crippen LogP contribution in [0, 0.1) is 11.3 Å². The smallest absolute Gasteiger partial charge is 0.344 e. The fourth-order valence-corrected chi connectivity index (χ4v) is 1.22. The van der Waals surface area contributed by atoms with Crippen LogP contribution in [0.4, 0.5) is 0 Å². The van der Waals surface area contributed by atoms with Crippen LogP contribution in [0.3, 0.4) is 0 Å². The molecule has 15 heavy (non-hydrogen) atoms. The first-order valence-corrected chi connectivity index (χ1v) is 4.49. The molecular weight excluding hydrogens is 214 g/mol. The highest BCUT2D eigenvalue weighted by Gasteiger charge is 2.12. The minimum Gasteiger partial charge on any atom is -0.428 e. The van der Waals surface area contributed by atoms with Crippen LogP contribution < -0.4 is 0 Å². The lowest BCUT2D eigenvalue weighted by molar-refractivity contribution is 0.0628. The normalized spacial score (nSPS) is 9.13. The summed E-state index contributed by atoms with van der Waals surface area (Å²) in [6.07, 6.45) is 0. The molecule has 76 valence electrons. The van der Waals surface area contributed by atoms with E-state index < -0.39 is 5.97 Å². The number of benzene rings is 1. The molecule has 0 spiro atoms. The average molecular weight is 222 g/mol. The number of rotatable bonds is 2. The molecule has 0 radical (unpaired) electrons. The Bertz CT molecular complexity index is 460. The van der Waals surface area contributed by atoms with Crippen LogP contribution in [0.15, 0.2) is 30.5 Å². The van der Waals surface area contributed by atoms with Crippen molar-refractivity contribution in [3.05, 3.63) is 46.7 Å². The zero-order valence-electron chi connectivity index (χ0n) is 8.08. The summed E-state index contributed by atoms with van der Waals surface area (Å²) in [6.45, 7) is 5.01. The summed E-state index contributed by atoms with van der Waals surface area (Å²) in [5.41, 5.74) is 0.616. The Morgan fingerprint density at radius 2 is 2.27 bits per heavy atom. The van der Waals surface area contributed by atoms with Gasteiger partial charge in [-0.2, -0.15) is 5.26 Å². The standard InChI is InChI=1S/C11H8ClNO2/c1-7(2)15-11(14)9-4-3-8(6-13)5-10(9)12/h3-5H,1H2,2H3. The van der Waals surface area contributed by atoms with Gasteiger partial charge in [-0.3, -0.25) is 0 Å². The van der Waals surface area contributed by atoms with Gasteiger partial charge in [0.2, 0.25) is 0 Å². The fraction of sp³-hybridized carbons (Fsp3) is 0.0909. The summed E-state index contributed by atoms with van der Waals surface area (Å²) >= 11 is 5.80. The van der Waals surface area contributed by atoms with Crippen molar-refractivity contribution >= 4 is 17.6 Å². The first-order chi connectivity index (χ1) is 7.04. The van der Waals surface area contributed by atoms with Gasteiger partial charge < -0.3 is 4.74 Å². The van der Waals surface area contributed by atoms with Crippen LogP contribution in [0.5, 0.6) is 0 Å². The molecule has 1 aromatic rings. The Labute approximate surface area is 92.5 Å². The molecule has 0 fully saturated rings. The molecule has 0 aromatic heterocycles. The van der Waals surface area contributed by atoms with Crippen molar-refractivity contribution in [2.24, 2.45) is 0 Å². The topological polar surface area (TPSA) is 50.1 Å². The molecule has 0 bridgehead atoms. The molecule has 0 N–H and O–H groups in total. The second-order valence-corrected chi connectivity index (χ2v) is 3.31. The molecule has 0 aliphatic carbocycles. The van der Waals surface area contributed by atoms with Gasteiger partial charge in [0.1, 0.15) is 0 Å². The van der Waals surface area contributed by atoms with E-state index in [0.717, 1.165) is 0 Å². The van der Waals surface area contributed by atoms with E-state index in [2.05, 4.69) is 6.58 Å². The molecule has 1 rings (SSSR count). The molecule has 0 aliphatic heterocycles. The third-order valence-corrected chi connectivity index (χ3v) is 1.90. The summed E-state index contributed by atoms with van der Waals surface area (Å²) in [5, 5.41) is 8.79. The lowest BCUT2D eigenvalue weighted by Gasteiger charge is -2.04. The third-order valence-electron chi connectivity index (χ3n) is 1.59. The van der Waals surface area contributed by atoms with E-state index in [4.69, 9.17) is 21.6 Å². The van der Waals surface area contributed by atoms with Gasteiger partial charge in [0, 0.05) is 0 Å². The Balaban J connectivity index is 3.02. The number of halogens is 1. The SMILES string of the molecule is C=C(C)OC(=O)c1ccc(C#N)cc1Cl. The van der Waals surface area contributed by atoms with Crippen molar-refractivity contribution in [2.75, 3.05) is 0 Å². The third kappa shape index (κ3) is 2.83. The van der Waals surface area contributed by atoms with E-state index in [1.54, 1.807) is 6.92 Å². The number of hydrogen-bond donors (Lipinski definition) is 0. The maximum Gasteiger partial charge on any atom is 0.344 e. The molecule has 0 saturated carbocycles. The van der Waals surface area contributed by atoms with Gasteiger partial charge in [0.05, 0.1) is 28.0 Å². The monoisotopic (exact) mass is 221 g/mol. The molecule has 0 saturated heterocycles. The van der Waals surface area contributed by atoms with E-state index in [1.165, 1.54) is 18.2 Å². The Morgan fingerprint density at radius 3 is 2.73 bits per heavy atom. The van der Waals surface area contributed by atoms with E-state index in [-0.39, 0.29) is 10.6 Å². The first-order valence-electron chi connectivity index (χ1n) is 4.12. The predicted molar refractivity (Wildman–Crippen MR) is 56.4 cm³/mol. The second kappa shape index (κ2) is 4.63. The quantitative estimate of drug-likeness (QED) is 0.570. The highest BCUT2D eigenvalue weighted by Crippen LogP contribution is 2.19. The molecular formula is C11H8ClNO2. The van der Waals surface area contributed by atoms with Gasteiger partial charge in [-0.15, -0.1) is 0 Å². The number of esters is 1. The van der Waals surface area contributed by atoms with E-state index >= 15 is 0 Å². The Morgan fingerprint density at radius 1 is 1.60 bits per heavy atom. The number of hydrogen-bond acceptors (Lipinski definition) is 3. The van der Waals surface area contributed by atoms with Crippen LogP contribution >= 0.6 is 11.6 Å². The van der Waals surface area contributed by atoms with Crippen molar-refractivity contribution in [1.82, 2.24) is 0 Å². The zero-order valence-corrected chi connectivity index (χ0v) is 8.84. The molecule has 0 amide bonds. The van der Waals surface area contributed by atoms with Crippen molar-refractivity contribution in [1.29, 1.82) is 5.26 Å². The average Bonchev–Trinajstić information content (AvgIpc) is 2.16. The summed E-state index contributed by atoms with van der Waals surface area (Å²) in [5.74, 6) is -0.280. The maximum atomic E-state index is 11.4. The summed E-state index contributed by atoms with van der Waals surface area (Å²) in [7, 11) is 0. The van der Waals surface area contributed by atoms with E-state index in [0.29, 0.717) is 11.3 Å².